The van der Waals surface area contributed by atoms with Crippen LogP contribution in [0.4, 0.5) is 0 Å². The lowest BCUT2D eigenvalue weighted by molar-refractivity contribution is 0.0930. The first-order valence-corrected chi connectivity index (χ1v) is 7.64. The summed E-state index contributed by atoms with van der Waals surface area (Å²) in [6.07, 6.45) is 3.24. The Kier molecular flexibility index (Phi) is 4.93. The molecule has 0 bridgehead atoms. The summed E-state index contributed by atoms with van der Waals surface area (Å²) in [4.78, 5) is 12.1. The van der Waals surface area contributed by atoms with Crippen LogP contribution < -0.4 is 5.32 Å². The molecular weight excluding hydrogens is 337 g/mol. The van der Waals surface area contributed by atoms with Gasteiger partial charge in [0.25, 0.3) is 5.91 Å². The molecule has 0 heterocycles. The Balaban J connectivity index is 2.05. The van der Waals surface area contributed by atoms with Crippen LogP contribution in [0, 0.1) is 5.92 Å². The van der Waals surface area contributed by atoms with E-state index in [1.54, 1.807) is 18.2 Å². The van der Waals surface area contributed by atoms with E-state index in [2.05, 4.69) is 21.2 Å². The van der Waals surface area contributed by atoms with Gasteiger partial charge in [0.2, 0.25) is 0 Å². The van der Waals surface area contributed by atoms with E-state index in [-0.39, 0.29) is 11.9 Å². The Morgan fingerprint density at radius 1 is 1.44 bits per heavy atom. The minimum absolute atomic E-state index is 0.0608. The molecular formula is C13H14BrCl2NO. The Morgan fingerprint density at radius 3 is 2.89 bits per heavy atom. The lowest BCUT2D eigenvalue weighted by atomic mass is 10.1. The number of rotatable bonds is 3. The van der Waals surface area contributed by atoms with Crippen molar-refractivity contribution in [1.82, 2.24) is 5.32 Å². The third kappa shape index (κ3) is 3.19. The normalized spacial score (nSPS) is 23.1. The lowest BCUT2D eigenvalue weighted by Crippen LogP contribution is -2.37. The van der Waals surface area contributed by atoms with Gasteiger partial charge in [-0.25, -0.2) is 0 Å². The maximum absolute atomic E-state index is 12.1. The molecule has 5 heteroatoms. The molecule has 98 valence electrons. The van der Waals surface area contributed by atoms with Crippen molar-refractivity contribution in [3.63, 3.8) is 0 Å². The number of carbonyl (C=O) groups is 1. The van der Waals surface area contributed by atoms with Crippen LogP contribution in [0.2, 0.25) is 5.02 Å². The number of hydrogen-bond acceptors (Lipinski definition) is 1. The number of alkyl halides is 1. The fourth-order valence-electron chi connectivity index (χ4n) is 2.30. The molecule has 1 aromatic rings. The molecule has 0 aliphatic heterocycles. The van der Waals surface area contributed by atoms with Gasteiger partial charge < -0.3 is 5.32 Å². The number of amides is 1. The molecule has 0 spiro atoms. The van der Waals surface area contributed by atoms with Gasteiger partial charge in [0.15, 0.2) is 0 Å². The van der Waals surface area contributed by atoms with Crippen LogP contribution >= 0.6 is 39.1 Å². The van der Waals surface area contributed by atoms with Crippen molar-refractivity contribution >= 4 is 45.0 Å². The van der Waals surface area contributed by atoms with Gasteiger partial charge in [0.1, 0.15) is 0 Å². The number of benzene rings is 1. The van der Waals surface area contributed by atoms with Crippen LogP contribution in [-0.2, 0) is 0 Å². The Morgan fingerprint density at radius 2 is 2.22 bits per heavy atom. The second-order valence-corrected chi connectivity index (χ2v) is 6.12. The summed E-state index contributed by atoms with van der Waals surface area (Å²) < 4.78 is 0.733. The van der Waals surface area contributed by atoms with Gasteiger partial charge in [-0.15, -0.1) is 11.6 Å². The predicted molar refractivity (Wildman–Crippen MR) is 78.5 cm³/mol. The Hall–Kier alpha value is -0.250. The third-order valence-corrected chi connectivity index (χ3v) is 4.97. The lowest BCUT2D eigenvalue weighted by Gasteiger charge is -2.19. The van der Waals surface area contributed by atoms with E-state index in [1.807, 2.05) is 0 Å². The zero-order valence-electron chi connectivity index (χ0n) is 9.76. The van der Waals surface area contributed by atoms with Crippen LogP contribution in [0.25, 0.3) is 0 Å². The minimum Gasteiger partial charge on any atom is -0.349 e. The topological polar surface area (TPSA) is 29.1 Å². The van der Waals surface area contributed by atoms with Gasteiger partial charge >= 0.3 is 0 Å². The maximum Gasteiger partial charge on any atom is 0.251 e. The highest BCUT2D eigenvalue weighted by Crippen LogP contribution is 2.27. The smallest absolute Gasteiger partial charge is 0.251 e. The summed E-state index contributed by atoms with van der Waals surface area (Å²) in [6, 6.07) is 5.38. The number of carbonyl (C=O) groups excluding carboxylic acids is 1. The van der Waals surface area contributed by atoms with Gasteiger partial charge in [-0.3, -0.25) is 4.79 Å². The van der Waals surface area contributed by atoms with E-state index in [0.29, 0.717) is 22.4 Å². The summed E-state index contributed by atoms with van der Waals surface area (Å²) in [5.41, 5.74) is 0.617. The molecule has 1 fully saturated rings. The van der Waals surface area contributed by atoms with Crippen molar-refractivity contribution in [2.45, 2.75) is 25.3 Å². The molecule has 1 aromatic carbocycles. The highest BCUT2D eigenvalue weighted by Gasteiger charge is 2.28. The van der Waals surface area contributed by atoms with Gasteiger partial charge in [-0.1, -0.05) is 18.0 Å². The summed E-state index contributed by atoms with van der Waals surface area (Å²) in [6.45, 7) is 0. The van der Waals surface area contributed by atoms with Crippen molar-refractivity contribution in [2.24, 2.45) is 5.92 Å². The highest BCUT2D eigenvalue weighted by atomic mass is 79.9. The van der Waals surface area contributed by atoms with Gasteiger partial charge in [0, 0.05) is 22.0 Å². The van der Waals surface area contributed by atoms with Crippen LogP contribution in [-0.4, -0.2) is 17.8 Å². The molecule has 1 aliphatic rings. The first-order chi connectivity index (χ1) is 8.61. The van der Waals surface area contributed by atoms with E-state index in [4.69, 9.17) is 23.2 Å². The SMILES string of the molecule is O=C(NC1CCCC1CCl)c1ccc(Cl)c(Br)c1. The molecule has 2 atom stereocenters. The van der Waals surface area contributed by atoms with E-state index in [0.717, 1.165) is 23.7 Å². The van der Waals surface area contributed by atoms with Gasteiger partial charge in [0.05, 0.1) is 5.02 Å². The summed E-state index contributed by atoms with van der Waals surface area (Å²) in [7, 11) is 0. The number of halogens is 3. The van der Waals surface area contributed by atoms with Crippen molar-refractivity contribution in [3.8, 4) is 0 Å². The van der Waals surface area contributed by atoms with E-state index < -0.39 is 0 Å². The fourth-order valence-corrected chi connectivity index (χ4v) is 3.17. The van der Waals surface area contributed by atoms with Crippen molar-refractivity contribution in [3.05, 3.63) is 33.3 Å². The molecule has 2 unspecified atom stereocenters. The van der Waals surface area contributed by atoms with E-state index >= 15 is 0 Å². The second-order valence-electron chi connectivity index (χ2n) is 4.55. The van der Waals surface area contributed by atoms with Crippen molar-refractivity contribution in [1.29, 1.82) is 0 Å². The second kappa shape index (κ2) is 6.27. The quantitative estimate of drug-likeness (QED) is 0.811. The molecule has 1 N–H and O–H groups in total. The fraction of sp³-hybridized carbons (Fsp3) is 0.462. The zero-order chi connectivity index (χ0) is 13.1. The minimum atomic E-state index is -0.0608. The molecule has 2 rings (SSSR count). The Labute approximate surface area is 125 Å². The standard InChI is InChI=1S/C13H14BrCl2NO/c14-10-6-8(4-5-11(10)16)13(18)17-12-3-1-2-9(12)7-15/h4-6,9,12H,1-3,7H2,(H,17,18). The van der Waals surface area contributed by atoms with Gasteiger partial charge in [-0.2, -0.15) is 0 Å². The van der Waals surface area contributed by atoms with E-state index in [9.17, 15) is 4.79 Å². The van der Waals surface area contributed by atoms with Crippen LogP contribution in [0.3, 0.4) is 0 Å². The molecule has 1 amide bonds. The molecule has 2 nitrogen and oxygen atoms in total. The van der Waals surface area contributed by atoms with Crippen LogP contribution in [0.5, 0.6) is 0 Å². The molecule has 1 saturated carbocycles. The third-order valence-electron chi connectivity index (χ3n) is 3.36. The molecule has 0 aromatic heterocycles. The summed E-state index contributed by atoms with van der Waals surface area (Å²) in [5.74, 6) is 0.940. The average Bonchev–Trinajstić information content (AvgIpc) is 2.79. The maximum atomic E-state index is 12.1. The van der Waals surface area contributed by atoms with E-state index in [1.165, 1.54) is 0 Å². The predicted octanol–water partition coefficient (Wildman–Crippen LogP) is 4.24. The van der Waals surface area contributed by atoms with Crippen molar-refractivity contribution < 1.29 is 4.79 Å². The van der Waals surface area contributed by atoms with Crippen LogP contribution in [0.15, 0.2) is 22.7 Å². The highest BCUT2D eigenvalue weighted by molar-refractivity contribution is 9.10. The van der Waals surface area contributed by atoms with Crippen LogP contribution in [0.1, 0.15) is 29.6 Å². The monoisotopic (exact) mass is 349 g/mol. The number of hydrogen-bond donors (Lipinski definition) is 1. The molecule has 1 aliphatic carbocycles. The molecule has 0 radical (unpaired) electrons. The largest absolute Gasteiger partial charge is 0.349 e. The Bertz CT molecular complexity index is 453. The number of nitrogens with one attached hydrogen (secondary N) is 1. The van der Waals surface area contributed by atoms with Gasteiger partial charge in [-0.05, 0) is 52.9 Å². The summed E-state index contributed by atoms with van der Waals surface area (Å²) >= 11 is 15.1. The zero-order valence-corrected chi connectivity index (χ0v) is 12.9. The van der Waals surface area contributed by atoms with Crippen molar-refractivity contribution in [2.75, 3.05) is 5.88 Å². The molecule has 18 heavy (non-hydrogen) atoms. The summed E-state index contributed by atoms with van der Waals surface area (Å²) in [5, 5.41) is 3.66. The molecule has 0 saturated heterocycles. The average molecular weight is 351 g/mol. The first kappa shape index (κ1) is 14.2. The first-order valence-electron chi connectivity index (χ1n) is 5.93.